The third kappa shape index (κ3) is 2.79. The number of phenolic OH excluding ortho intramolecular Hbond substituents is 1. The summed E-state index contributed by atoms with van der Waals surface area (Å²) in [5, 5.41) is 18.6. The summed E-state index contributed by atoms with van der Waals surface area (Å²) in [7, 11) is 2.82. The second-order valence-electron chi connectivity index (χ2n) is 3.44. The van der Waals surface area contributed by atoms with Crippen molar-refractivity contribution in [2.45, 2.75) is 12.5 Å². The molecule has 0 bridgehead atoms. The average molecular weight is 241 g/mol. The molecule has 0 saturated heterocycles. The molecule has 6 nitrogen and oxygen atoms in total. The summed E-state index contributed by atoms with van der Waals surface area (Å²) < 4.78 is 9.98. The second kappa shape index (κ2) is 5.40. The molecule has 1 aromatic carbocycles. The Balaban J connectivity index is 3.14. The first-order chi connectivity index (χ1) is 8.01. The van der Waals surface area contributed by atoms with Gasteiger partial charge in [-0.2, -0.15) is 0 Å². The van der Waals surface area contributed by atoms with E-state index >= 15 is 0 Å². The largest absolute Gasteiger partial charge is 0.504 e. The zero-order valence-electron chi connectivity index (χ0n) is 9.64. The fourth-order valence-corrected chi connectivity index (χ4v) is 1.52. The zero-order valence-corrected chi connectivity index (χ0v) is 9.64. The number of ether oxygens (including phenoxy) is 2. The number of carboxylic acids is 1. The van der Waals surface area contributed by atoms with Gasteiger partial charge in [-0.05, 0) is 12.1 Å². The maximum absolute atomic E-state index is 10.6. The molecule has 0 radical (unpaired) electrons. The van der Waals surface area contributed by atoms with E-state index in [1.807, 2.05) is 0 Å². The lowest BCUT2D eigenvalue weighted by Crippen LogP contribution is -2.15. The molecule has 0 fully saturated rings. The summed E-state index contributed by atoms with van der Waals surface area (Å²) in [6.07, 6.45) is -0.275. The molecular weight excluding hydrogens is 226 g/mol. The molecule has 6 heteroatoms. The van der Waals surface area contributed by atoms with Crippen molar-refractivity contribution < 1.29 is 24.5 Å². The van der Waals surface area contributed by atoms with E-state index in [1.165, 1.54) is 20.3 Å². The Labute approximate surface area is 98.6 Å². The van der Waals surface area contributed by atoms with E-state index in [4.69, 9.17) is 20.3 Å². The normalized spacial score (nSPS) is 11.9. The van der Waals surface area contributed by atoms with Crippen LogP contribution in [0.15, 0.2) is 12.1 Å². The molecule has 0 aliphatic rings. The van der Waals surface area contributed by atoms with Crippen LogP contribution in [-0.2, 0) is 4.79 Å². The van der Waals surface area contributed by atoms with Gasteiger partial charge in [-0.25, -0.2) is 0 Å². The average Bonchev–Trinajstić information content (AvgIpc) is 2.27. The number of phenols is 1. The first-order valence-electron chi connectivity index (χ1n) is 4.92. The number of benzene rings is 1. The molecule has 1 unspecified atom stereocenters. The van der Waals surface area contributed by atoms with Crippen molar-refractivity contribution in [3.63, 3.8) is 0 Å². The smallest absolute Gasteiger partial charge is 0.305 e. The SMILES string of the molecule is COc1ccc(C(N)CC(=O)O)c(O)c1OC. The zero-order chi connectivity index (χ0) is 13.0. The number of nitrogens with two attached hydrogens (primary N) is 1. The van der Waals surface area contributed by atoms with Crippen LogP contribution in [0, 0.1) is 0 Å². The van der Waals surface area contributed by atoms with E-state index < -0.39 is 12.0 Å². The maximum Gasteiger partial charge on any atom is 0.305 e. The molecule has 1 atom stereocenters. The van der Waals surface area contributed by atoms with Crippen LogP contribution in [0.3, 0.4) is 0 Å². The number of hydrogen-bond acceptors (Lipinski definition) is 5. The van der Waals surface area contributed by atoms with Gasteiger partial charge in [0.1, 0.15) is 0 Å². The molecule has 0 spiro atoms. The molecule has 0 heterocycles. The quantitative estimate of drug-likeness (QED) is 0.707. The van der Waals surface area contributed by atoms with Crippen LogP contribution in [0.2, 0.25) is 0 Å². The third-order valence-corrected chi connectivity index (χ3v) is 2.34. The Hall–Kier alpha value is -1.95. The van der Waals surface area contributed by atoms with Crippen LogP contribution < -0.4 is 15.2 Å². The Morgan fingerprint density at radius 2 is 2.06 bits per heavy atom. The molecule has 0 aliphatic heterocycles. The minimum absolute atomic E-state index is 0.144. The van der Waals surface area contributed by atoms with Crippen molar-refractivity contribution in [1.29, 1.82) is 0 Å². The lowest BCUT2D eigenvalue weighted by Gasteiger charge is -2.16. The molecule has 4 N–H and O–H groups in total. The summed E-state index contributed by atoms with van der Waals surface area (Å²) in [5.74, 6) is -0.727. The first kappa shape index (κ1) is 13.1. The van der Waals surface area contributed by atoms with E-state index in [9.17, 15) is 9.90 Å². The third-order valence-electron chi connectivity index (χ3n) is 2.34. The standard InChI is InChI=1S/C11H15NO5/c1-16-8-4-3-6(7(12)5-9(13)14)10(15)11(8)17-2/h3-4,7,15H,5,12H2,1-2H3,(H,13,14). The molecule has 1 rings (SSSR count). The summed E-state index contributed by atoms with van der Waals surface area (Å²) in [6.45, 7) is 0. The summed E-state index contributed by atoms with van der Waals surface area (Å²) in [6, 6.07) is 2.28. The predicted molar refractivity (Wildman–Crippen MR) is 60.4 cm³/mol. The van der Waals surface area contributed by atoms with Crippen LogP contribution in [0.4, 0.5) is 0 Å². The molecule has 0 saturated carbocycles. The highest BCUT2D eigenvalue weighted by atomic mass is 16.5. The molecule has 17 heavy (non-hydrogen) atoms. The van der Waals surface area contributed by atoms with Crippen LogP contribution in [-0.4, -0.2) is 30.4 Å². The van der Waals surface area contributed by atoms with Gasteiger partial charge in [-0.3, -0.25) is 4.79 Å². The van der Waals surface area contributed by atoms with Gasteiger partial charge in [0.25, 0.3) is 0 Å². The van der Waals surface area contributed by atoms with Crippen LogP contribution in [0.5, 0.6) is 17.2 Å². The van der Waals surface area contributed by atoms with E-state index in [1.54, 1.807) is 6.07 Å². The van der Waals surface area contributed by atoms with E-state index in [0.717, 1.165) is 0 Å². The number of carboxylic acid groups (broad SMARTS) is 1. The minimum atomic E-state index is -1.04. The van der Waals surface area contributed by atoms with Crippen LogP contribution in [0.25, 0.3) is 0 Å². The Kier molecular flexibility index (Phi) is 4.17. The van der Waals surface area contributed by atoms with Crippen molar-refractivity contribution in [1.82, 2.24) is 0 Å². The van der Waals surface area contributed by atoms with Gasteiger partial charge >= 0.3 is 5.97 Å². The van der Waals surface area contributed by atoms with Crippen molar-refractivity contribution >= 4 is 5.97 Å². The molecule has 94 valence electrons. The van der Waals surface area contributed by atoms with Gasteiger partial charge < -0.3 is 25.4 Å². The Morgan fingerprint density at radius 1 is 1.41 bits per heavy atom. The lowest BCUT2D eigenvalue weighted by atomic mass is 10.0. The van der Waals surface area contributed by atoms with Crippen molar-refractivity contribution in [3.05, 3.63) is 17.7 Å². The van der Waals surface area contributed by atoms with Gasteiger partial charge in [0.2, 0.25) is 5.75 Å². The fourth-order valence-electron chi connectivity index (χ4n) is 1.52. The van der Waals surface area contributed by atoms with Gasteiger partial charge in [0, 0.05) is 11.6 Å². The van der Waals surface area contributed by atoms with Crippen molar-refractivity contribution in [3.8, 4) is 17.2 Å². The number of hydrogen-bond donors (Lipinski definition) is 3. The number of rotatable bonds is 5. The fraction of sp³-hybridized carbons (Fsp3) is 0.364. The number of methoxy groups -OCH3 is 2. The number of aliphatic carboxylic acids is 1. The van der Waals surface area contributed by atoms with Crippen molar-refractivity contribution in [2.24, 2.45) is 5.73 Å². The highest BCUT2D eigenvalue weighted by Gasteiger charge is 2.20. The van der Waals surface area contributed by atoms with Crippen molar-refractivity contribution in [2.75, 3.05) is 14.2 Å². The monoisotopic (exact) mass is 241 g/mol. The highest BCUT2D eigenvalue weighted by Crippen LogP contribution is 2.41. The number of aromatic hydroxyl groups is 1. The van der Waals surface area contributed by atoms with Gasteiger partial charge in [-0.1, -0.05) is 0 Å². The predicted octanol–water partition coefficient (Wildman–Crippen LogP) is 0.884. The van der Waals surface area contributed by atoms with E-state index in [2.05, 4.69) is 0 Å². The van der Waals surface area contributed by atoms with E-state index in [-0.39, 0.29) is 17.9 Å². The number of carbonyl (C=O) groups is 1. The molecule has 1 aromatic rings. The van der Waals surface area contributed by atoms with Crippen LogP contribution in [0.1, 0.15) is 18.0 Å². The van der Waals surface area contributed by atoms with Crippen LogP contribution >= 0.6 is 0 Å². The topological polar surface area (TPSA) is 102 Å². The molecule has 0 aromatic heterocycles. The molecular formula is C11H15NO5. The Morgan fingerprint density at radius 3 is 2.53 bits per heavy atom. The maximum atomic E-state index is 10.6. The molecule has 0 aliphatic carbocycles. The minimum Gasteiger partial charge on any atom is -0.504 e. The summed E-state index contributed by atoms with van der Waals surface area (Å²) >= 11 is 0. The van der Waals surface area contributed by atoms with Gasteiger partial charge in [0.15, 0.2) is 11.5 Å². The van der Waals surface area contributed by atoms with Gasteiger partial charge in [-0.15, -0.1) is 0 Å². The molecule has 0 amide bonds. The Bertz CT molecular complexity index is 419. The highest BCUT2D eigenvalue weighted by molar-refractivity contribution is 5.68. The first-order valence-corrected chi connectivity index (χ1v) is 4.92. The second-order valence-corrected chi connectivity index (χ2v) is 3.44. The summed E-state index contributed by atoms with van der Waals surface area (Å²) in [5.41, 5.74) is 5.98. The summed E-state index contributed by atoms with van der Waals surface area (Å²) in [4.78, 5) is 10.6. The lowest BCUT2D eigenvalue weighted by molar-refractivity contribution is -0.137. The van der Waals surface area contributed by atoms with E-state index in [0.29, 0.717) is 11.3 Å². The van der Waals surface area contributed by atoms with Gasteiger partial charge in [0.05, 0.1) is 20.6 Å².